The van der Waals surface area contributed by atoms with E-state index in [1.807, 2.05) is 77.5 Å². The summed E-state index contributed by atoms with van der Waals surface area (Å²) in [6.45, 7) is 2.56. The highest BCUT2D eigenvalue weighted by atomic mass is 35.5. The van der Waals surface area contributed by atoms with Gasteiger partial charge in [0.05, 0.1) is 22.3 Å². The molecule has 10 heteroatoms. The minimum absolute atomic E-state index is 0.454. The molecule has 3 aromatic heterocycles. The number of nitrogens with zero attached hydrogens (tertiary/aromatic N) is 5. The fraction of sp³-hybridized carbons (Fsp3) is 0.130. The number of halogens is 1. The number of thioether (sulfide) groups is 1. The minimum atomic E-state index is 0.454. The molecule has 7 nitrogen and oxygen atoms in total. The molecule has 5 rings (SSSR count). The quantitative estimate of drug-likeness (QED) is 0.231. The highest BCUT2D eigenvalue weighted by Crippen LogP contribution is 2.33. The Balaban J connectivity index is 1.47. The van der Waals surface area contributed by atoms with E-state index in [0.717, 1.165) is 21.9 Å². The molecule has 3 heterocycles. The van der Waals surface area contributed by atoms with Gasteiger partial charge in [0, 0.05) is 11.3 Å². The molecule has 0 radical (unpaired) electrons. The Hall–Kier alpha value is -3.14. The molecule has 0 amide bonds. The molecule has 0 aliphatic heterocycles. The van der Waals surface area contributed by atoms with Crippen LogP contribution in [0, 0.1) is 0 Å². The van der Waals surface area contributed by atoms with E-state index in [-0.39, 0.29) is 0 Å². The lowest BCUT2D eigenvalue weighted by molar-refractivity contribution is 0.340. The first kappa shape index (κ1) is 21.7. The fourth-order valence-electron chi connectivity index (χ4n) is 3.21. The van der Waals surface area contributed by atoms with Crippen LogP contribution in [0.1, 0.15) is 12.8 Å². The lowest BCUT2D eigenvalue weighted by atomic mass is 10.2. The van der Waals surface area contributed by atoms with Crippen molar-refractivity contribution in [2.24, 2.45) is 0 Å². The molecular formula is C23H18ClN5O2S2. The highest BCUT2D eigenvalue weighted by Gasteiger charge is 2.19. The Morgan fingerprint density at radius 1 is 1.00 bits per heavy atom. The van der Waals surface area contributed by atoms with Crippen LogP contribution < -0.4 is 4.74 Å². The molecule has 0 N–H and O–H groups in total. The van der Waals surface area contributed by atoms with Crippen molar-refractivity contribution < 1.29 is 9.15 Å². The third-order valence-electron chi connectivity index (χ3n) is 4.68. The molecule has 0 spiro atoms. The molecule has 0 saturated carbocycles. The molecule has 0 aliphatic carbocycles. The van der Waals surface area contributed by atoms with E-state index in [1.165, 1.54) is 11.8 Å². The summed E-state index contributed by atoms with van der Waals surface area (Å²) in [7, 11) is 0. The van der Waals surface area contributed by atoms with Gasteiger partial charge in [-0.2, -0.15) is 0 Å². The molecule has 0 bridgehead atoms. The third kappa shape index (κ3) is 4.66. The van der Waals surface area contributed by atoms with Gasteiger partial charge in [0.2, 0.25) is 5.89 Å². The number of ether oxygens (including phenoxy) is 1. The lowest BCUT2D eigenvalue weighted by Gasteiger charge is -2.12. The maximum Gasteiger partial charge on any atom is 0.257 e. The Kier molecular flexibility index (Phi) is 6.43. The largest absolute Gasteiger partial charge is 0.494 e. The minimum Gasteiger partial charge on any atom is -0.494 e. The van der Waals surface area contributed by atoms with E-state index in [9.17, 15) is 0 Å². The fourth-order valence-corrected chi connectivity index (χ4v) is 4.86. The number of hydrogen-bond acceptors (Lipinski definition) is 8. The van der Waals surface area contributed by atoms with Gasteiger partial charge in [0.1, 0.15) is 5.75 Å². The third-order valence-corrected chi connectivity index (χ3v) is 6.78. The molecule has 33 heavy (non-hydrogen) atoms. The van der Waals surface area contributed by atoms with Crippen molar-refractivity contribution >= 4 is 34.7 Å². The Morgan fingerprint density at radius 3 is 2.61 bits per heavy atom. The standard InChI is InChI=1S/C23H18ClN5O2S2/c1-2-30-16-11-9-15(10-12-16)29-21(17-6-3-4-7-18(17)24)26-28-23(29)33-14-20-25-27-22(31-20)19-8-5-13-32-19/h3-13H,2,14H2,1H3. The second-order valence-corrected chi connectivity index (χ2v) is 9.11. The predicted octanol–water partition coefficient (Wildman–Crippen LogP) is 6.39. The van der Waals surface area contributed by atoms with Crippen LogP contribution in [0.2, 0.25) is 5.02 Å². The zero-order valence-electron chi connectivity index (χ0n) is 17.5. The van der Waals surface area contributed by atoms with Gasteiger partial charge in [-0.15, -0.1) is 31.7 Å². The van der Waals surface area contributed by atoms with E-state index >= 15 is 0 Å². The molecular weight excluding hydrogens is 478 g/mol. The molecule has 166 valence electrons. The van der Waals surface area contributed by atoms with E-state index in [2.05, 4.69) is 20.4 Å². The Morgan fingerprint density at radius 2 is 1.85 bits per heavy atom. The van der Waals surface area contributed by atoms with Crippen molar-refractivity contribution in [2.75, 3.05) is 6.61 Å². The molecule has 0 atom stereocenters. The first-order valence-electron chi connectivity index (χ1n) is 10.2. The van der Waals surface area contributed by atoms with Crippen LogP contribution >= 0.6 is 34.7 Å². The van der Waals surface area contributed by atoms with Gasteiger partial charge in [0.25, 0.3) is 5.89 Å². The normalized spacial score (nSPS) is 11.1. The van der Waals surface area contributed by atoms with Gasteiger partial charge in [-0.25, -0.2) is 0 Å². The zero-order chi connectivity index (χ0) is 22.6. The smallest absolute Gasteiger partial charge is 0.257 e. The van der Waals surface area contributed by atoms with Crippen LogP contribution in [0.25, 0.3) is 27.8 Å². The SMILES string of the molecule is CCOc1ccc(-n2c(SCc3nnc(-c4cccs4)o3)nnc2-c2ccccc2Cl)cc1. The van der Waals surface area contributed by atoms with Crippen LogP contribution in [0.5, 0.6) is 5.75 Å². The van der Waals surface area contributed by atoms with Crippen LogP contribution in [0.3, 0.4) is 0 Å². The second kappa shape index (κ2) is 9.78. The Labute approximate surface area is 203 Å². The number of thiophene rings is 1. The van der Waals surface area contributed by atoms with E-state index < -0.39 is 0 Å². The monoisotopic (exact) mass is 495 g/mol. The summed E-state index contributed by atoms with van der Waals surface area (Å²) in [6.07, 6.45) is 0. The van der Waals surface area contributed by atoms with Crippen LogP contribution in [-0.4, -0.2) is 31.6 Å². The second-order valence-electron chi connectivity index (χ2n) is 6.82. The molecule has 0 unspecified atom stereocenters. The van der Waals surface area contributed by atoms with Crippen molar-refractivity contribution in [3.05, 3.63) is 77.0 Å². The maximum absolute atomic E-state index is 6.48. The molecule has 0 aliphatic rings. The van der Waals surface area contributed by atoms with Crippen molar-refractivity contribution in [2.45, 2.75) is 17.8 Å². The average molecular weight is 496 g/mol. The first-order valence-corrected chi connectivity index (χ1v) is 12.4. The number of rotatable bonds is 8. The molecule has 0 saturated heterocycles. The number of hydrogen-bond donors (Lipinski definition) is 0. The summed E-state index contributed by atoms with van der Waals surface area (Å²) in [4.78, 5) is 0.942. The summed E-state index contributed by atoms with van der Waals surface area (Å²) < 4.78 is 13.4. The predicted molar refractivity (Wildman–Crippen MR) is 130 cm³/mol. The molecule has 2 aromatic carbocycles. The van der Waals surface area contributed by atoms with Crippen molar-refractivity contribution in [1.29, 1.82) is 0 Å². The van der Waals surface area contributed by atoms with Crippen molar-refractivity contribution in [3.63, 3.8) is 0 Å². The maximum atomic E-state index is 6.48. The topological polar surface area (TPSA) is 78.9 Å². The van der Waals surface area contributed by atoms with Crippen molar-refractivity contribution in [3.8, 4) is 33.6 Å². The summed E-state index contributed by atoms with van der Waals surface area (Å²) in [5.41, 5.74) is 1.69. The first-order chi connectivity index (χ1) is 16.2. The van der Waals surface area contributed by atoms with Gasteiger partial charge >= 0.3 is 0 Å². The van der Waals surface area contributed by atoms with Crippen LogP contribution in [0.4, 0.5) is 0 Å². The molecule has 0 fully saturated rings. The summed E-state index contributed by atoms with van der Waals surface area (Å²) in [5.74, 6) is 2.94. The average Bonchev–Trinajstić information content (AvgIpc) is 3.59. The van der Waals surface area contributed by atoms with Gasteiger partial charge in [0.15, 0.2) is 11.0 Å². The van der Waals surface area contributed by atoms with Gasteiger partial charge in [-0.1, -0.05) is 41.6 Å². The Bertz CT molecular complexity index is 1350. The van der Waals surface area contributed by atoms with Gasteiger partial charge in [-0.05, 0) is 54.8 Å². The summed E-state index contributed by atoms with van der Waals surface area (Å²) in [6, 6.07) is 19.3. The van der Waals surface area contributed by atoms with Crippen LogP contribution in [0.15, 0.2) is 75.6 Å². The highest BCUT2D eigenvalue weighted by molar-refractivity contribution is 7.98. The van der Waals surface area contributed by atoms with Gasteiger partial charge in [-0.3, -0.25) is 4.57 Å². The summed E-state index contributed by atoms with van der Waals surface area (Å²) >= 11 is 9.50. The number of benzene rings is 2. The number of aromatic nitrogens is 5. The van der Waals surface area contributed by atoms with E-state index in [4.69, 9.17) is 20.8 Å². The molecule has 5 aromatic rings. The zero-order valence-corrected chi connectivity index (χ0v) is 19.9. The lowest BCUT2D eigenvalue weighted by Crippen LogP contribution is -2.01. The van der Waals surface area contributed by atoms with Gasteiger partial charge < -0.3 is 9.15 Å². The summed E-state index contributed by atoms with van der Waals surface area (Å²) in [5, 5.41) is 20.5. The van der Waals surface area contributed by atoms with E-state index in [0.29, 0.717) is 40.1 Å². The van der Waals surface area contributed by atoms with Crippen LogP contribution in [-0.2, 0) is 5.75 Å². The van der Waals surface area contributed by atoms with Crippen molar-refractivity contribution in [1.82, 2.24) is 25.0 Å². The van der Waals surface area contributed by atoms with E-state index in [1.54, 1.807) is 11.3 Å².